The van der Waals surface area contributed by atoms with Crippen LogP contribution in [0.2, 0.25) is 0 Å². The monoisotopic (exact) mass is 606 g/mol. The molecule has 0 aromatic carbocycles. The van der Waals surface area contributed by atoms with Crippen LogP contribution in [0.5, 0.6) is 0 Å². The fourth-order valence-corrected chi connectivity index (χ4v) is 6.94. The zero-order valence-electron chi connectivity index (χ0n) is 26.6. The minimum Gasteiger partial charge on any atom is -0.466 e. The van der Waals surface area contributed by atoms with Gasteiger partial charge in [0.2, 0.25) is 0 Å². The van der Waals surface area contributed by atoms with Crippen molar-refractivity contribution in [1.82, 2.24) is 19.9 Å². The summed E-state index contributed by atoms with van der Waals surface area (Å²) < 4.78 is 10.5. The number of aromatic amines is 2. The molecule has 6 rings (SSSR count). The maximum absolute atomic E-state index is 13.3. The largest absolute Gasteiger partial charge is 0.466 e. The number of carbonyl (C=O) groups is 3. The SMILES string of the molecule is C=CC1=C(C)c2cc3nc(c4c5[nH]c(cc6[nH]c(cc1n2)c(C)c6CC)c(C)c5C(=O)OC(=O)C4)[C@@H](CCCOC(C)=O)[C@@H]3C. The third kappa shape index (κ3) is 5.20. The molecule has 0 fully saturated rings. The molecule has 3 aliphatic heterocycles. The summed E-state index contributed by atoms with van der Waals surface area (Å²) in [5.41, 5.74) is 12.3. The maximum atomic E-state index is 13.3. The van der Waals surface area contributed by atoms with Crippen molar-refractivity contribution in [1.29, 1.82) is 0 Å². The Morgan fingerprint density at radius 2 is 1.82 bits per heavy atom. The third-order valence-corrected chi connectivity index (χ3v) is 9.44. The lowest BCUT2D eigenvalue weighted by Crippen LogP contribution is -2.13. The minimum absolute atomic E-state index is 0.0309. The van der Waals surface area contributed by atoms with Gasteiger partial charge in [0.05, 0.1) is 41.2 Å². The standard InChI is InChI=1S/C36H38N4O5/c1-8-22-17(3)26-14-28-19(5)24(11-10-12-44-21(7)41)34(39-28)25-13-32(42)45-36(43)33-20(6)29(40-35(25)33)16-31-23(9-2)18(4)27(38-31)15-30(22)37-26/h8,14-16,19,24,38,40H,1,9-13H2,2-7H3/t19-,24-/m0/s1. The van der Waals surface area contributed by atoms with Crippen LogP contribution in [-0.2, 0) is 31.9 Å². The molecule has 0 unspecified atom stereocenters. The Morgan fingerprint density at radius 3 is 2.53 bits per heavy atom. The summed E-state index contributed by atoms with van der Waals surface area (Å²) in [6, 6.07) is 6.11. The van der Waals surface area contributed by atoms with Gasteiger partial charge in [0.25, 0.3) is 0 Å². The first-order valence-electron chi connectivity index (χ1n) is 15.5. The third-order valence-electron chi connectivity index (χ3n) is 9.44. The first kappa shape index (κ1) is 30.2. The van der Waals surface area contributed by atoms with E-state index in [2.05, 4.69) is 43.4 Å². The van der Waals surface area contributed by atoms with Crippen LogP contribution in [0.25, 0.3) is 33.2 Å². The first-order valence-corrected chi connectivity index (χ1v) is 15.5. The molecule has 3 aromatic rings. The summed E-state index contributed by atoms with van der Waals surface area (Å²) >= 11 is 0. The second-order valence-electron chi connectivity index (χ2n) is 12.1. The molecular formula is C36H38N4O5. The molecule has 6 heterocycles. The molecule has 9 nitrogen and oxygen atoms in total. The van der Waals surface area contributed by atoms with E-state index in [1.807, 2.05) is 32.1 Å². The molecule has 2 N–H and O–H groups in total. The molecule has 9 heteroatoms. The second kappa shape index (κ2) is 11.6. The molecule has 0 saturated heterocycles. The van der Waals surface area contributed by atoms with Crippen molar-refractivity contribution in [2.75, 3.05) is 6.61 Å². The molecule has 3 aliphatic rings. The predicted octanol–water partition coefficient (Wildman–Crippen LogP) is 7.08. The fourth-order valence-electron chi connectivity index (χ4n) is 6.94. The first-order chi connectivity index (χ1) is 21.5. The highest BCUT2D eigenvalue weighted by molar-refractivity contribution is 6.09. The van der Waals surface area contributed by atoms with E-state index in [0.29, 0.717) is 35.0 Å². The van der Waals surface area contributed by atoms with Gasteiger partial charge in [-0.1, -0.05) is 26.5 Å². The average molecular weight is 607 g/mol. The van der Waals surface area contributed by atoms with Gasteiger partial charge < -0.3 is 19.4 Å². The number of aromatic nitrogens is 4. The summed E-state index contributed by atoms with van der Waals surface area (Å²) in [6.45, 7) is 16.0. The molecule has 3 aromatic heterocycles. The number of cyclic esters (lactones) is 2. The Hall–Kier alpha value is -4.79. The lowest BCUT2D eigenvalue weighted by molar-refractivity contribution is -0.141. The maximum Gasteiger partial charge on any atom is 0.348 e. The van der Waals surface area contributed by atoms with E-state index in [4.69, 9.17) is 19.4 Å². The van der Waals surface area contributed by atoms with Gasteiger partial charge in [-0.15, -0.1) is 0 Å². The van der Waals surface area contributed by atoms with Crippen molar-refractivity contribution in [3.63, 3.8) is 0 Å². The van der Waals surface area contributed by atoms with Crippen molar-refractivity contribution in [2.45, 2.75) is 79.1 Å². The number of fused-ring (bicyclic) bond motifs is 8. The van der Waals surface area contributed by atoms with E-state index in [1.54, 1.807) is 0 Å². The van der Waals surface area contributed by atoms with Crippen molar-refractivity contribution in [3.05, 3.63) is 81.4 Å². The lowest BCUT2D eigenvalue weighted by atomic mass is 9.85. The molecule has 2 atom stereocenters. The summed E-state index contributed by atoms with van der Waals surface area (Å²) in [7, 11) is 0. The molecule has 232 valence electrons. The zero-order chi connectivity index (χ0) is 32.2. The second-order valence-corrected chi connectivity index (χ2v) is 12.1. The van der Waals surface area contributed by atoms with Gasteiger partial charge in [-0.2, -0.15) is 0 Å². The predicted molar refractivity (Wildman–Crippen MR) is 174 cm³/mol. The quantitative estimate of drug-likeness (QED) is 0.174. The number of ether oxygens (including phenoxy) is 2. The number of hydrogen-bond acceptors (Lipinski definition) is 7. The fraction of sp³-hybridized carbons (Fsp3) is 0.361. The Kier molecular flexibility index (Phi) is 7.81. The van der Waals surface area contributed by atoms with E-state index in [-0.39, 0.29) is 30.8 Å². The van der Waals surface area contributed by atoms with Crippen LogP contribution >= 0.6 is 0 Å². The number of rotatable bonds is 6. The average Bonchev–Trinajstić information content (AvgIpc) is 3.64. The smallest absolute Gasteiger partial charge is 0.348 e. The van der Waals surface area contributed by atoms with Gasteiger partial charge in [-0.3, -0.25) is 14.6 Å². The van der Waals surface area contributed by atoms with Crippen LogP contribution in [0, 0.1) is 13.8 Å². The highest BCUT2D eigenvalue weighted by Gasteiger charge is 2.35. The van der Waals surface area contributed by atoms with E-state index >= 15 is 0 Å². The van der Waals surface area contributed by atoms with Crippen LogP contribution in [-0.4, -0.2) is 44.5 Å². The van der Waals surface area contributed by atoms with Crippen molar-refractivity contribution < 1.29 is 23.9 Å². The Labute approximate surface area is 261 Å². The van der Waals surface area contributed by atoms with Gasteiger partial charge in [0.15, 0.2) is 0 Å². The molecule has 45 heavy (non-hydrogen) atoms. The van der Waals surface area contributed by atoms with Crippen LogP contribution < -0.4 is 0 Å². The van der Waals surface area contributed by atoms with E-state index in [0.717, 1.165) is 68.0 Å². The summed E-state index contributed by atoms with van der Waals surface area (Å²) in [4.78, 5) is 55.1. The van der Waals surface area contributed by atoms with Gasteiger partial charge in [-0.05, 0) is 80.5 Å². The highest BCUT2D eigenvalue weighted by atomic mass is 16.6. The van der Waals surface area contributed by atoms with Crippen LogP contribution in [0.15, 0.2) is 30.9 Å². The number of allylic oxidation sites excluding steroid dienone is 3. The van der Waals surface area contributed by atoms with Gasteiger partial charge in [0.1, 0.15) is 0 Å². The summed E-state index contributed by atoms with van der Waals surface area (Å²) in [5.74, 6) is -1.74. The van der Waals surface area contributed by atoms with Gasteiger partial charge >= 0.3 is 17.9 Å². The number of hydrogen-bond donors (Lipinski definition) is 2. The summed E-state index contributed by atoms with van der Waals surface area (Å²) in [5, 5.41) is 0. The van der Waals surface area contributed by atoms with Crippen molar-refractivity contribution in [2.24, 2.45) is 0 Å². The minimum atomic E-state index is -0.668. The topological polar surface area (TPSA) is 127 Å². The molecule has 8 bridgehead atoms. The Balaban J connectivity index is 1.74. The highest BCUT2D eigenvalue weighted by Crippen LogP contribution is 2.43. The molecule has 0 radical (unpaired) electrons. The number of aryl methyl sites for hydroxylation is 3. The zero-order valence-corrected chi connectivity index (χ0v) is 26.6. The number of nitrogens with one attached hydrogen (secondary N) is 2. The Morgan fingerprint density at radius 1 is 1.07 bits per heavy atom. The van der Waals surface area contributed by atoms with Crippen LogP contribution in [0.4, 0.5) is 0 Å². The number of nitrogens with zero attached hydrogens (tertiary/aromatic N) is 2. The van der Waals surface area contributed by atoms with Crippen LogP contribution in [0.3, 0.4) is 0 Å². The lowest BCUT2D eigenvalue weighted by Gasteiger charge is -2.17. The summed E-state index contributed by atoms with van der Waals surface area (Å²) in [6.07, 6.45) is 3.83. The molecule has 0 aliphatic carbocycles. The molecule has 0 saturated carbocycles. The van der Waals surface area contributed by atoms with Gasteiger partial charge in [0, 0.05) is 52.1 Å². The van der Waals surface area contributed by atoms with Crippen molar-refractivity contribution in [3.8, 4) is 0 Å². The normalized spacial score (nSPS) is 17.7. The number of esters is 3. The van der Waals surface area contributed by atoms with E-state index in [9.17, 15) is 14.4 Å². The van der Waals surface area contributed by atoms with E-state index in [1.165, 1.54) is 6.92 Å². The molecule has 0 spiro atoms. The van der Waals surface area contributed by atoms with Crippen molar-refractivity contribution >= 4 is 51.1 Å². The molecule has 0 amide bonds. The van der Waals surface area contributed by atoms with Crippen LogP contribution in [0.1, 0.15) is 108 Å². The Bertz CT molecular complexity index is 1990. The molecular weight excluding hydrogens is 568 g/mol. The van der Waals surface area contributed by atoms with E-state index < -0.39 is 11.9 Å². The number of H-pyrrole nitrogens is 2. The number of carbonyl (C=O) groups excluding carboxylic acids is 3. The van der Waals surface area contributed by atoms with Gasteiger partial charge in [-0.25, -0.2) is 9.78 Å².